The molecule has 13 nitrogen and oxygen atoms in total. The molecule has 11 N–H and O–H groups in total. The van der Waals surface area contributed by atoms with Crippen LogP contribution in [0.3, 0.4) is 0 Å². The molecule has 0 bridgehead atoms. The molecular formula is C30H26O13. The summed E-state index contributed by atoms with van der Waals surface area (Å²) in [7, 11) is 0. The van der Waals surface area contributed by atoms with Gasteiger partial charge in [0.15, 0.2) is 52.5 Å². The van der Waals surface area contributed by atoms with Gasteiger partial charge in [-0.3, -0.25) is 0 Å². The third kappa shape index (κ3) is 4.42. The number of hydrogen-bond donors (Lipinski definition) is 11. The van der Waals surface area contributed by atoms with Crippen molar-refractivity contribution in [2.75, 3.05) is 0 Å². The molecule has 4 aromatic carbocycles. The van der Waals surface area contributed by atoms with Crippen molar-refractivity contribution in [2.24, 2.45) is 0 Å². The third-order valence-corrected chi connectivity index (χ3v) is 7.77. The molecule has 43 heavy (non-hydrogen) atoms. The number of hydrogen-bond acceptors (Lipinski definition) is 13. The molecule has 13 heteroatoms. The fourth-order valence-corrected chi connectivity index (χ4v) is 5.76. The number of benzene rings is 4. The van der Waals surface area contributed by atoms with E-state index in [1.807, 2.05) is 0 Å². The van der Waals surface area contributed by atoms with Gasteiger partial charge in [0, 0.05) is 40.8 Å². The summed E-state index contributed by atoms with van der Waals surface area (Å²) in [5, 5.41) is 115. The smallest absolute Gasteiger partial charge is 0.200 e. The van der Waals surface area contributed by atoms with Crippen molar-refractivity contribution in [2.45, 2.75) is 36.8 Å². The largest absolute Gasteiger partial charge is 0.508 e. The van der Waals surface area contributed by atoms with Crippen molar-refractivity contribution in [1.29, 1.82) is 0 Å². The molecule has 6 rings (SSSR count). The minimum atomic E-state index is -1.67. The minimum Gasteiger partial charge on any atom is -0.508 e. The molecule has 5 unspecified atom stereocenters. The monoisotopic (exact) mass is 594 g/mol. The van der Waals surface area contributed by atoms with Gasteiger partial charge in [0.05, 0.1) is 12.0 Å². The van der Waals surface area contributed by atoms with E-state index in [0.717, 1.165) is 30.3 Å². The van der Waals surface area contributed by atoms with Gasteiger partial charge in [0.2, 0.25) is 0 Å². The van der Waals surface area contributed by atoms with Crippen LogP contribution in [-0.2, 0) is 6.42 Å². The topological polar surface area (TPSA) is 241 Å². The van der Waals surface area contributed by atoms with E-state index in [1.165, 1.54) is 18.2 Å². The number of phenols is 9. The molecule has 0 spiro atoms. The molecule has 0 radical (unpaired) electrons. The Bertz CT molecular complexity index is 1750. The molecule has 0 aromatic heterocycles. The van der Waals surface area contributed by atoms with Crippen LogP contribution in [0.15, 0.2) is 48.5 Å². The SMILES string of the molecule is Oc1cc(O)c2c(c1)OC(c1cc(O)c(O)c(O)c1)C(O)C2c1cc(O)c2c(c1O)CC(O)C(c1ccc(O)c(O)c1)O2. The molecule has 0 saturated carbocycles. The molecule has 2 aliphatic heterocycles. The lowest BCUT2D eigenvalue weighted by molar-refractivity contribution is 0.00596. The second-order valence-corrected chi connectivity index (χ2v) is 10.5. The maximum atomic E-state index is 11.6. The molecule has 0 fully saturated rings. The highest BCUT2D eigenvalue weighted by molar-refractivity contribution is 5.65. The second kappa shape index (κ2) is 9.86. The maximum Gasteiger partial charge on any atom is 0.200 e. The van der Waals surface area contributed by atoms with Crippen LogP contribution in [-0.4, -0.2) is 68.4 Å². The van der Waals surface area contributed by atoms with Crippen LogP contribution < -0.4 is 9.47 Å². The Morgan fingerprint density at radius 3 is 1.93 bits per heavy atom. The maximum absolute atomic E-state index is 11.6. The molecule has 0 amide bonds. The van der Waals surface area contributed by atoms with E-state index >= 15 is 0 Å². The first-order chi connectivity index (χ1) is 20.3. The highest BCUT2D eigenvalue weighted by Crippen LogP contribution is 2.56. The van der Waals surface area contributed by atoms with Crippen LogP contribution >= 0.6 is 0 Å². The number of aliphatic hydroxyl groups is 2. The fraction of sp³-hybridized carbons (Fsp3) is 0.200. The van der Waals surface area contributed by atoms with Crippen LogP contribution in [0.4, 0.5) is 0 Å². The van der Waals surface area contributed by atoms with Crippen LogP contribution in [0, 0.1) is 0 Å². The van der Waals surface area contributed by atoms with E-state index in [9.17, 15) is 56.2 Å². The van der Waals surface area contributed by atoms with Gasteiger partial charge in [0.1, 0.15) is 29.1 Å². The quantitative estimate of drug-likeness (QED) is 0.121. The highest BCUT2D eigenvalue weighted by atomic mass is 16.5. The van der Waals surface area contributed by atoms with Gasteiger partial charge in [-0.25, -0.2) is 0 Å². The Kier molecular flexibility index (Phi) is 6.36. The summed E-state index contributed by atoms with van der Waals surface area (Å²) >= 11 is 0. The van der Waals surface area contributed by atoms with Gasteiger partial charge in [-0.1, -0.05) is 6.07 Å². The molecule has 2 heterocycles. The number of phenolic OH excluding ortho intramolecular Hbond substituents is 9. The molecule has 0 aliphatic carbocycles. The average Bonchev–Trinajstić information content (AvgIpc) is 2.95. The lowest BCUT2D eigenvalue weighted by atomic mass is 9.78. The first-order valence-corrected chi connectivity index (χ1v) is 12.9. The van der Waals surface area contributed by atoms with Crippen LogP contribution in [0.25, 0.3) is 0 Å². The van der Waals surface area contributed by atoms with Crippen molar-refractivity contribution < 1.29 is 65.6 Å². The lowest BCUT2D eigenvalue weighted by Gasteiger charge is -2.39. The van der Waals surface area contributed by atoms with Crippen molar-refractivity contribution in [3.8, 4) is 63.2 Å². The molecule has 5 atom stereocenters. The van der Waals surface area contributed by atoms with Gasteiger partial charge < -0.3 is 65.6 Å². The van der Waals surface area contributed by atoms with E-state index < -0.39 is 76.3 Å². The summed E-state index contributed by atoms with van der Waals surface area (Å²) in [6, 6.07) is 9.08. The van der Waals surface area contributed by atoms with Gasteiger partial charge in [-0.05, 0) is 35.9 Å². The fourth-order valence-electron chi connectivity index (χ4n) is 5.76. The Balaban J connectivity index is 1.48. The molecule has 224 valence electrons. The zero-order chi connectivity index (χ0) is 30.9. The summed E-state index contributed by atoms with van der Waals surface area (Å²) < 4.78 is 11.7. The van der Waals surface area contributed by atoms with E-state index in [1.54, 1.807) is 0 Å². The van der Waals surface area contributed by atoms with E-state index in [0.29, 0.717) is 0 Å². The molecule has 2 aliphatic rings. The third-order valence-electron chi connectivity index (χ3n) is 7.77. The number of ether oxygens (including phenoxy) is 2. The van der Waals surface area contributed by atoms with Gasteiger partial charge >= 0.3 is 0 Å². The minimum absolute atomic E-state index is 0.0146. The number of fused-ring (bicyclic) bond motifs is 2. The zero-order valence-corrected chi connectivity index (χ0v) is 21.9. The number of rotatable bonds is 3. The highest BCUT2D eigenvalue weighted by Gasteiger charge is 2.44. The van der Waals surface area contributed by atoms with Crippen molar-refractivity contribution in [1.82, 2.24) is 0 Å². The molecular weight excluding hydrogens is 568 g/mol. The molecule has 0 saturated heterocycles. The second-order valence-electron chi connectivity index (χ2n) is 10.5. The summed E-state index contributed by atoms with van der Waals surface area (Å²) in [6.45, 7) is 0. The first kappa shape index (κ1) is 27.8. The van der Waals surface area contributed by atoms with Crippen LogP contribution in [0.1, 0.15) is 45.9 Å². The van der Waals surface area contributed by atoms with Gasteiger partial charge in [-0.2, -0.15) is 0 Å². The Labute approximate surface area is 242 Å². The van der Waals surface area contributed by atoms with E-state index in [2.05, 4.69) is 0 Å². The van der Waals surface area contributed by atoms with Crippen molar-refractivity contribution >= 4 is 0 Å². The Morgan fingerprint density at radius 1 is 0.581 bits per heavy atom. The van der Waals surface area contributed by atoms with E-state index in [-0.39, 0.29) is 51.5 Å². The molecule has 4 aromatic rings. The summed E-state index contributed by atoms with van der Waals surface area (Å²) in [5.41, 5.74) is 0.0373. The number of aliphatic hydroxyl groups excluding tert-OH is 2. The first-order valence-electron chi connectivity index (χ1n) is 12.9. The van der Waals surface area contributed by atoms with Crippen LogP contribution in [0.2, 0.25) is 0 Å². The lowest BCUT2D eigenvalue weighted by Crippen LogP contribution is -2.35. The van der Waals surface area contributed by atoms with Crippen LogP contribution in [0.5, 0.6) is 63.2 Å². The summed E-state index contributed by atoms with van der Waals surface area (Å²) in [4.78, 5) is 0. The summed E-state index contributed by atoms with van der Waals surface area (Å²) in [6.07, 6.45) is -5.73. The van der Waals surface area contributed by atoms with E-state index in [4.69, 9.17) is 9.47 Å². The Morgan fingerprint density at radius 2 is 1.26 bits per heavy atom. The van der Waals surface area contributed by atoms with Gasteiger partial charge in [0.25, 0.3) is 0 Å². The standard InChI is InChI=1S/C30H26O13/c31-12-6-17(34)24-22(7-12)42-29(11-4-18(35)26(40)19(36)5-11)27(41)23(24)13-8-21(38)30-14(25(13)39)9-20(37)28(43-30)10-1-2-15(32)16(33)3-10/h1-8,20,23,27-29,31-41H,9H2. The van der Waals surface area contributed by atoms with Gasteiger partial charge in [-0.15, -0.1) is 0 Å². The summed E-state index contributed by atoms with van der Waals surface area (Å²) in [5.74, 6) is -6.69. The normalized spacial score (nSPS) is 22.6. The zero-order valence-electron chi connectivity index (χ0n) is 21.9. The predicted molar refractivity (Wildman–Crippen MR) is 145 cm³/mol. The number of aromatic hydroxyl groups is 9. The average molecular weight is 595 g/mol. The van der Waals surface area contributed by atoms with Crippen molar-refractivity contribution in [3.63, 3.8) is 0 Å². The Hall–Kier alpha value is -5.40. The van der Waals surface area contributed by atoms with Crippen molar-refractivity contribution in [3.05, 3.63) is 76.3 Å². The predicted octanol–water partition coefficient (Wildman–Crippen LogP) is 2.70.